The maximum Gasteiger partial charge on any atom is 0.147 e. The second-order valence-corrected chi connectivity index (χ2v) is 2.60. The summed E-state index contributed by atoms with van der Waals surface area (Å²) in [5.74, 6) is 0. The minimum Gasteiger partial charge on any atom is -0.370 e. The Bertz CT molecular complexity index is 35.4. The molecule has 0 aliphatic carbocycles. The first-order valence-corrected chi connectivity index (χ1v) is 3.99. The van der Waals surface area contributed by atoms with Gasteiger partial charge in [0.05, 0.1) is 0 Å². The monoisotopic (exact) mass is 136 g/mol. The summed E-state index contributed by atoms with van der Waals surface area (Å²) >= 11 is 0. The van der Waals surface area contributed by atoms with Crippen molar-refractivity contribution in [2.75, 3.05) is 13.0 Å². The van der Waals surface area contributed by atoms with Crippen LogP contribution in [0.3, 0.4) is 0 Å². The van der Waals surface area contributed by atoms with Crippen LogP contribution in [0.25, 0.3) is 0 Å². The molecule has 0 aromatic heterocycles. The maximum atomic E-state index is 8.15. The number of hydrogen-bond acceptors (Lipinski definition) is 2. The van der Waals surface area contributed by atoms with Crippen molar-refractivity contribution in [3.63, 3.8) is 0 Å². The molecular formula is C5H13O2P. The summed E-state index contributed by atoms with van der Waals surface area (Å²) in [4.78, 5) is 0. The number of aliphatic hydroxyl groups excluding tert-OH is 1. The third kappa shape index (κ3) is 6.35. The Morgan fingerprint density at radius 3 is 2.88 bits per heavy atom. The molecule has 1 unspecified atom stereocenters. The first-order valence-electron chi connectivity index (χ1n) is 2.87. The summed E-state index contributed by atoms with van der Waals surface area (Å²) in [7, 11) is 0.489. The molecule has 1 atom stereocenters. The highest BCUT2D eigenvalue weighted by molar-refractivity contribution is 7.32. The van der Waals surface area contributed by atoms with Gasteiger partial charge in [-0.15, -0.1) is 0 Å². The summed E-state index contributed by atoms with van der Waals surface area (Å²) < 4.78 is 4.72. The van der Waals surface area contributed by atoms with Gasteiger partial charge < -0.3 is 9.63 Å². The molecule has 0 saturated heterocycles. The molecule has 0 spiro atoms. The zero-order chi connectivity index (χ0) is 6.24. The number of aliphatic hydroxyl groups is 1. The van der Waals surface area contributed by atoms with Crippen molar-refractivity contribution < 1.29 is 9.63 Å². The Balaban J connectivity index is 2.53. The van der Waals surface area contributed by atoms with Gasteiger partial charge in [-0.3, -0.25) is 0 Å². The van der Waals surface area contributed by atoms with Gasteiger partial charge in [-0.2, -0.15) is 0 Å². The van der Waals surface area contributed by atoms with Gasteiger partial charge in [0.15, 0.2) is 0 Å². The Morgan fingerprint density at radius 2 is 2.38 bits per heavy atom. The van der Waals surface area contributed by atoms with E-state index in [1.165, 1.54) is 12.8 Å². The van der Waals surface area contributed by atoms with E-state index in [0.29, 0.717) is 8.81 Å². The summed E-state index contributed by atoms with van der Waals surface area (Å²) in [5.41, 5.74) is 0. The molecule has 0 bridgehead atoms. The van der Waals surface area contributed by atoms with Gasteiger partial charge in [-0.25, -0.2) is 0 Å². The van der Waals surface area contributed by atoms with Gasteiger partial charge >= 0.3 is 0 Å². The molecule has 0 fully saturated rings. The summed E-state index contributed by atoms with van der Waals surface area (Å²) in [5, 5.41) is 8.15. The third-order valence-corrected chi connectivity index (χ3v) is 1.69. The molecule has 50 valence electrons. The Morgan fingerprint density at radius 1 is 1.62 bits per heavy atom. The van der Waals surface area contributed by atoms with E-state index < -0.39 is 0 Å². The average molecular weight is 136 g/mol. The highest BCUT2D eigenvalue weighted by Crippen LogP contribution is 2.12. The van der Waals surface area contributed by atoms with Crippen LogP contribution in [0, 0.1) is 0 Å². The van der Waals surface area contributed by atoms with E-state index in [0.717, 1.165) is 6.16 Å². The first-order chi connectivity index (χ1) is 3.91. The van der Waals surface area contributed by atoms with Crippen molar-refractivity contribution in [2.45, 2.75) is 19.8 Å². The second-order valence-electron chi connectivity index (χ2n) is 1.52. The topological polar surface area (TPSA) is 29.5 Å². The van der Waals surface area contributed by atoms with Gasteiger partial charge in [-0.05, 0) is 12.6 Å². The van der Waals surface area contributed by atoms with Crippen molar-refractivity contribution in [3.05, 3.63) is 0 Å². The zero-order valence-electron chi connectivity index (χ0n) is 5.18. The first kappa shape index (κ1) is 8.35. The zero-order valence-corrected chi connectivity index (χ0v) is 6.18. The largest absolute Gasteiger partial charge is 0.370 e. The van der Waals surface area contributed by atoms with Gasteiger partial charge in [-0.1, -0.05) is 13.3 Å². The Hall–Kier alpha value is 0.350. The lowest BCUT2D eigenvalue weighted by Crippen LogP contribution is -1.81. The Kier molecular flexibility index (Phi) is 7.67. The standard InChI is InChI=1S/C5H13O2P/c1-2-3-4-8-7-5-6/h6,8H,2-5H2,1H3. The van der Waals surface area contributed by atoms with Gasteiger partial charge in [0.2, 0.25) is 0 Å². The number of hydrogen-bond donors (Lipinski definition) is 1. The van der Waals surface area contributed by atoms with Crippen molar-refractivity contribution >= 4 is 8.81 Å². The van der Waals surface area contributed by atoms with E-state index in [9.17, 15) is 0 Å². The van der Waals surface area contributed by atoms with Crippen molar-refractivity contribution in [1.29, 1.82) is 0 Å². The lowest BCUT2D eigenvalue weighted by Gasteiger charge is -1.96. The predicted octanol–water partition coefficient (Wildman–Crippen LogP) is 1.35. The molecule has 0 aromatic rings. The van der Waals surface area contributed by atoms with E-state index >= 15 is 0 Å². The van der Waals surface area contributed by atoms with E-state index in [-0.39, 0.29) is 6.79 Å². The third-order valence-electron chi connectivity index (χ3n) is 0.799. The second kappa shape index (κ2) is 7.35. The van der Waals surface area contributed by atoms with Crippen LogP contribution in [0.2, 0.25) is 0 Å². The van der Waals surface area contributed by atoms with Crippen LogP contribution >= 0.6 is 8.81 Å². The lowest BCUT2D eigenvalue weighted by molar-refractivity contribution is 0.115. The summed E-state index contributed by atoms with van der Waals surface area (Å²) in [6.07, 6.45) is 3.51. The molecule has 0 aliphatic heterocycles. The van der Waals surface area contributed by atoms with Gasteiger partial charge in [0, 0.05) is 8.81 Å². The van der Waals surface area contributed by atoms with Crippen LogP contribution in [0.1, 0.15) is 19.8 Å². The summed E-state index contributed by atoms with van der Waals surface area (Å²) in [6.45, 7) is 2.02. The molecule has 3 heteroatoms. The minimum atomic E-state index is -0.123. The SMILES string of the molecule is CCCCPOCO. The van der Waals surface area contributed by atoms with E-state index in [4.69, 9.17) is 9.63 Å². The molecule has 8 heavy (non-hydrogen) atoms. The van der Waals surface area contributed by atoms with Crippen molar-refractivity contribution in [3.8, 4) is 0 Å². The molecule has 0 saturated carbocycles. The molecule has 0 amide bonds. The fraction of sp³-hybridized carbons (Fsp3) is 1.00. The van der Waals surface area contributed by atoms with Crippen LogP contribution in [0.4, 0.5) is 0 Å². The van der Waals surface area contributed by atoms with Crippen LogP contribution in [0.5, 0.6) is 0 Å². The number of unbranched alkanes of at least 4 members (excludes halogenated alkanes) is 1. The normalized spacial score (nSPS) is 11.2. The molecule has 0 heterocycles. The minimum absolute atomic E-state index is 0.123. The van der Waals surface area contributed by atoms with Crippen LogP contribution < -0.4 is 0 Å². The highest BCUT2D eigenvalue weighted by Gasteiger charge is 1.83. The van der Waals surface area contributed by atoms with E-state index in [2.05, 4.69) is 6.92 Å². The molecule has 0 radical (unpaired) electrons. The molecule has 1 N–H and O–H groups in total. The average Bonchev–Trinajstić information content (AvgIpc) is 1.81. The molecule has 2 nitrogen and oxygen atoms in total. The quantitative estimate of drug-likeness (QED) is 0.351. The fourth-order valence-corrected chi connectivity index (χ4v) is 1.10. The van der Waals surface area contributed by atoms with Gasteiger partial charge in [0.1, 0.15) is 6.79 Å². The van der Waals surface area contributed by atoms with Crippen LogP contribution in [-0.4, -0.2) is 18.1 Å². The maximum absolute atomic E-state index is 8.15. The van der Waals surface area contributed by atoms with Crippen molar-refractivity contribution in [2.24, 2.45) is 0 Å². The van der Waals surface area contributed by atoms with Crippen LogP contribution in [0.15, 0.2) is 0 Å². The van der Waals surface area contributed by atoms with E-state index in [1.807, 2.05) is 0 Å². The molecular weight excluding hydrogens is 123 g/mol. The number of rotatable bonds is 5. The van der Waals surface area contributed by atoms with Gasteiger partial charge in [0.25, 0.3) is 0 Å². The fourth-order valence-electron chi connectivity index (χ4n) is 0.367. The smallest absolute Gasteiger partial charge is 0.147 e. The highest BCUT2D eigenvalue weighted by atomic mass is 31.1. The molecule has 0 aromatic carbocycles. The molecule has 0 aliphatic rings. The lowest BCUT2D eigenvalue weighted by atomic mass is 10.4. The molecule has 0 rings (SSSR count). The summed E-state index contributed by atoms with van der Waals surface area (Å²) in [6, 6.07) is 0. The van der Waals surface area contributed by atoms with E-state index in [1.54, 1.807) is 0 Å². The Labute approximate surface area is 52.1 Å². The van der Waals surface area contributed by atoms with Crippen LogP contribution in [-0.2, 0) is 4.52 Å². The van der Waals surface area contributed by atoms with Crippen molar-refractivity contribution in [1.82, 2.24) is 0 Å². The predicted molar refractivity (Wildman–Crippen MR) is 36.3 cm³/mol.